The summed E-state index contributed by atoms with van der Waals surface area (Å²) in [6, 6.07) is 0.219. The van der Waals surface area contributed by atoms with Crippen molar-refractivity contribution in [3.63, 3.8) is 0 Å². The molecular formula is C11H24N2O2. The number of hydrogen-bond acceptors (Lipinski definition) is 3. The van der Waals surface area contributed by atoms with Gasteiger partial charge in [0.2, 0.25) is 5.91 Å². The van der Waals surface area contributed by atoms with E-state index in [0.29, 0.717) is 6.61 Å². The van der Waals surface area contributed by atoms with Crippen LogP contribution in [0.4, 0.5) is 0 Å². The van der Waals surface area contributed by atoms with Crippen LogP contribution < -0.4 is 11.1 Å². The van der Waals surface area contributed by atoms with E-state index in [1.165, 1.54) is 0 Å². The Labute approximate surface area is 92.6 Å². The molecule has 0 aliphatic heterocycles. The van der Waals surface area contributed by atoms with Crippen LogP contribution >= 0.6 is 0 Å². The molecule has 0 fully saturated rings. The first kappa shape index (κ1) is 14.4. The Morgan fingerprint density at radius 1 is 1.53 bits per heavy atom. The molecule has 0 heterocycles. The van der Waals surface area contributed by atoms with Crippen molar-refractivity contribution in [3.8, 4) is 0 Å². The summed E-state index contributed by atoms with van der Waals surface area (Å²) in [6.07, 6.45) is 2.06. The van der Waals surface area contributed by atoms with Crippen molar-refractivity contribution in [1.29, 1.82) is 0 Å². The molecule has 0 saturated carbocycles. The number of nitrogens with two attached hydrogens (primary N) is 1. The first-order valence-corrected chi connectivity index (χ1v) is 5.51. The quantitative estimate of drug-likeness (QED) is 0.668. The average Bonchev–Trinajstić information content (AvgIpc) is 2.01. The Kier molecular flexibility index (Phi) is 6.52. The molecular weight excluding hydrogens is 192 g/mol. The highest BCUT2D eigenvalue weighted by molar-refractivity contribution is 5.77. The van der Waals surface area contributed by atoms with Gasteiger partial charge in [0.25, 0.3) is 0 Å². The highest BCUT2D eigenvalue weighted by Gasteiger charge is 2.12. The lowest BCUT2D eigenvalue weighted by atomic mass is 10.1. The van der Waals surface area contributed by atoms with Gasteiger partial charge in [0.05, 0.1) is 6.61 Å². The summed E-state index contributed by atoms with van der Waals surface area (Å²) >= 11 is 0. The lowest BCUT2D eigenvalue weighted by Crippen LogP contribution is -2.40. The van der Waals surface area contributed by atoms with E-state index in [-0.39, 0.29) is 24.1 Å². The minimum absolute atomic E-state index is 0.0693. The van der Waals surface area contributed by atoms with E-state index >= 15 is 0 Å². The van der Waals surface area contributed by atoms with Crippen LogP contribution in [0.2, 0.25) is 0 Å². The molecule has 1 amide bonds. The average molecular weight is 216 g/mol. The zero-order valence-electron chi connectivity index (χ0n) is 10.3. The minimum atomic E-state index is -0.380. The molecule has 3 N–H and O–H groups in total. The first-order valence-electron chi connectivity index (χ1n) is 5.51. The van der Waals surface area contributed by atoms with Crippen LogP contribution in [-0.4, -0.2) is 30.7 Å². The van der Waals surface area contributed by atoms with Gasteiger partial charge in [-0.1, -0.05) is 13.3 Å². The maximum Gasteiger partial charge on any atom is 0.246 e. The summed E-state index contributed by atoms with van der Waals surface area (Å²) in [6.45, 7) is 8.30. The third kappa shape index (κ3) is 9.69. The summed E-state index contributed by atoms with van der Waals surface area (Å²) < 4.78 is 5.20. The summed E-state index contributed by atoms with van der Waals surface area (Å²) in [4.78, 5) is 11.3. The molecule has 1 unspecified atom stereocenters. The van der Waals surface area contributed by atoms with Gasteiger partial charge in [-0.05, 0) is 27.2 Å². The van der Waals surface area contributed by atoms with Crippen LogP contribution in [0.5, 0.6) is 0 Å². The maximum absolute atomic E-state index is 11.3. The maximum atomic E-state index is 11.3. The fraction of sp³-hybridized carbons (Fsp3) is 0.909. The van der Waals surface area contributed by atoms with Gasteiger partial charge in [0.1, 0.15) is 6.61 Å². The molecule has 0 spiro atoms. The van der Waals surface area contributed by atoms with Gasteiger partial charge in [-0.2, -0.15) is 0 Å². The Morgan fingerprint density at radius 3 is 2.60 bits per heavy atom. The number of carbonyl (C=O) groups excluding carboxylic acids is 1. The second-order valence-corrected chi connectivity index (χ2v) is 4.74. The molecule has 0 aromatic heterocycles. The van der Waals surface area contributed by atoms with Gasteiger partial charge in [-0.3, -0.25) is 4.79 Å². The van der Waals surface area contributed by atoms with Gasteiger partial charge in [0.15, 0.2) is 0 Å². The fourth-order valence-electron chi connectivity index (χ4n) is 1.23. The van der Waals surface area contributed by atoms with Gasteiger partial charge in [0, 0.05) is 11.6 Å². The minimum Gasteiger partial charge on any atom is -0.370 e. The van der Waals surface area contributed by atoms with E-state index in [9.17, 15) is 4.79 Å². The summed E-state index contributed by atoms with van der Waals surface area (Å²) in [7, 11) is 0. The van der Waals surface area contributed by atoms with Crippen molar-refractivity contribution in [3.05, 3.63) is 0 Å². The predicted molar refractivity (Wildman–Crippen MR) is 61.6 cm³/mol. The first-order chi connectivity index (χ1) is 6.85. The zero-order valence-corrected chi connectivity index (χ0v) is 10.3. The number of amides is 1. The lowest BCUT2D eigenvalue weighted by molar-refractivity contribution is -0.126. The van der Waals surface area contributed by atoms with E-state index in [1.807, 2.05) is 20.8 Å². The Balaban J connectivity index is 3.58. The monoisotopic (exact) mass is 216 g/mol. The van der Waals surface area contributed by atoms with Crippen LogP contribution in [0.15, 0.2) is 0 Å². The number of nitrogens with one attached hydrogen (secondary N) is 1. The normalized spacial score (nSPS) is 13.7. The van der Waals surface area contributed by atoms with E-state index in [0.717, 1.165) is 12.8 Å². The predicted octanol–water partition coefficient (Wildman–Crippen LogP) is 1.05. The van der Waals surface area contributed by atoms with Crippen molar-refractivity contribution in [2.75, 3.05) is 13.2 Å². The standard InChI is InChI=1S/C11H24N2O2/c1-5-6-9(2)13-10(14)7-15-8-11(3,4)12/h9H,5-8,12H2,1-4H3,(H,13,14). The molecule has 1 atom stereocenters. The lowest BCUT2D eigenvalue weighted by Gasteiger charge is -2.18. The third-order valence-corrected chi connectivity index (χ3v) is 1.84. The number of carbonyl (C=O) groups is 1. The Morgan fingerprint density at radius 2 is 2.13 bits per heavy atom. The van der Waals surface area contributed by atoms with Crippen molar-refractivity contribution in [1.82, 2.24) is 5.32 Å². The number of ether oxygens (including phenoxy) is 1. The molecule has 4 heteroatoms. The summed E-state index contributed by atoms with van der Waals surface area (Å²) in [5.74, 6) is -0.0693. The molecule has 0 bridgehead atoms. The van der Waals surface area contributed by atoms with Crippen LogP contribution in [-0.2, 0) is 9.53 Å². The second kappa shape index (κ2) is 6.80. The summed E-state index contributed by atoms with van der Waals surface area (Å²) in [5, 5.41) is 2.86. The topological polar surface area (TPSA) is 64.3 Å². The van der Waals surface area contributed by atoms with Crippen molar-refractivity contribution in [2.45, 2.75) is 52.1 Å². The molecule has 0 rings (SSSR count). The molecule has 0 saturated heterocycles. The molecule has 0 radical (unpaired) electrons. The smallest absolute Gasteiger partial charge is 0.246 e. The molecule has 90 valence electrons. The van der Waals surface area contributed by atoms with Crippen molar-refractivity contribution in [2.24, 2.45) is 5.73 Å². The molecule has 15 heavy (non-hydrogen) atoms. The molecule has 0 aliphatic rings. The van der Waals surface area contributed by atoms with E-state index in [1.54, 1.807) is 0 Å². The Bertz CT molecular complexity index is 188. The third-order valence-electron chi connectivity index (χ3n) is 1.84. The van der Waals surface area contributed by atoms with Gasteiger partial charge < -0.3 is 15.8 Å². The fourth-order valence-corrected chi connectivity index (χ4v) is 1.23. The summed E-state index contributed by atoms with van der Waals surface area (Å²) in [5.41, 5.74) is 5.33. The van der Waals surface area contributed by atoms with Crippen molar-refractivity contribution < 1.29 is 9.53 Å². The van der Waals surface area contributed by atoms with E-state index < -0.39 is 0 Å². The molecule has 4 nitrogen and oxygen atoms in total. The molecule has 0 aliphatic carbocycles. The SMILES string of the molecule is CCCC(C)NC(=O)COCC(C)(C)N. The van der Waals surface area contributed by atoms with E-state index in [4.69, 9.17) is 10.5 Å². The van der Waals surface area contributed by atoms with Crippen LogP contribution in [0.3, 0.4) is 0 Å². The number of rotatable bonds is 7. The van der Waals surface area contributed by atoms with Gasteiger partial charge in [-0.15, -0.1) is 0 Å². The van der Waals surface area contributed by atoms with E-state index in [2.05, 4.69) is 12.2 Å². The van der Waals surface area contributed by atoms with Crippen LogP contribution in [0, 0.1) is 0 Å². The second-order valence-electron chi connectivity index (χ2n) is 4.74. The molecule has 0 aromatic rings. The highest BCUT2D eigenvalue weighted by Crippen LogP contribution is 1.97. The van der Waals surface area contributed by atoms with Gasteiger partial charge >= 0.3 is 0 Å². The molecule has 0 aromatic carbocycles. The zero-order chi connectivity index (χ0) is 11.9. The van der Waals surface area contributed by atoms with Crippen LogP contribution in [0.25, 0.3) is 0 Å². The number of hydrogen-bond donors (Lipinski definition) is 2. The largest absolute Gasteiger partial charge is 0.370 e. The van der Waals surface area contributed by atoms with Crippen molar-refractivity contribution >= 4 is 5.91 Å². The Hall–Kier alpha value is -0.610. The van der Waals surface area contributed by atoms with Gasteiger partial charge in [-0.25, -0.2) is 0 Å². The highest BCUT2D eigenvalue weighted by atomic mass is 16.5. The van der Waals surface area contributed by atoms with Crippen LogP contribution in [0.1, 0.15) is 40.5 Å².